The number of halogens is 1. The molecule has 100 valence electrons. The van der Waals surface area contributed by atoms with Crippen LogP contribution >= 0.6 is 0 Å². The van der Waals surface area contributed by atoms with E-state index < -0.39 is 0 Å². The summed E-state index contributed by atoms with van der Waals surface area (Å²) in [4.78, 5) is 0. The molecule has 1 unspecified atom stereocenters. The number of anilines is 1. The van der Waals surface area contributed by atoms with Crippen LogP contribution in [0, 0.1) is 18.2 Å². The van der Waals surface area contributed by atoms with Crippen LogP contribution in [0.2, 0.25) is 0 Å². The highest BCUT2D eigenvalue weighted by molar-refractivity contribution is 5.47. The summed E-state index contributed by atoms with van der Waals surface area (Å²) in [6.45, 7) is 6.67. The van der Waals surface area contributed by atoms with Gasteiger partial charge in [-0.05, 0) is 55.7 Å². The average Bonchev–Trinajstić information content (AvgIpc) is 2.46. The van der Waals surface area contributed by atoms with Gasteiger partial charge in [0, 0.05) is 6.04 Å². The minimum atomic E-state index is -0.135. The van der Waals surface area contributed by atoms with Gasteiger partial charge in [-0.25, -0.2) is 4.39 Å². The third-order valence-corrected chi connectivity index (χ3v) is 4.06. The molecule has 1 saturated carbocycles. The summed E-state index contributed by atoms with van der Waals surface area (Å²) in [5.74, 6) is -0.135. The molecule has 1 atom stereocenters. The van der Waals surface area contributed by atoms with Crippen molar-refractivity contribution in [1.82, 2.24) is 0 Å². The van der Waals surface area contributed by atoms with Crippen molar-refractivity contribution < 1.29 is 4.39 Å². The second-order valence-corrected chi connectivity index (χ2v) is 6.42. The Kier molecular flexibility index (Phi) is 3.94. The summed E-state index contributed by atoms with van der Waals surface area (Å²) >= 11 is 0. The second kappa shape index (κ2) is 5.29. The van der Waals surface area contributed by atoms with Crippen molar-refractivity contribution >= 4 is 5.69 Å². The predicted octanol–water partition coefficient (Wildman–Crippen LogP) is 4.90. The zero-order valence-electron chi connectivity index (χ0n) is 11.7. The Morgan fingerprint density at radius 1 is 1.22 bits per heavy atom. The van der Waals surface area contributed by atoms with E-state index in [0.29, 0.717) is 17.1 Å². The molecule has 0 amide bonds. The highest BCUT2D eigenvalue weighted by Crippen LogP contribution is 2.34. The first kappa shape index (κ1) is 13.4. The quantitative estimate of drug-likeness (QED) is 0.735. The molecule has 1 aromatic carbocycles. The van der Waals surface area contributed by atoms with Crippen molar-refractivity contribution in [2.75, 3.05) is 5.32 Å². The van der Waals surface area contributed by atoms with E-state index in [1.54, 1.807) is 6.07 Å². The normalized spacial score (nSPS) is 23.4. The van der Waals surface area contributed by atoms with Crippen molar-refractivity contribution in [2.45, 2.75) is 58.9 Å². The fraction of sp³-hybridized carbons (Fsp3) is 0.625. The van der Waals surface area contributed by atoms with Crippen LogP contribution in [0.1, 0.15) is 51.5 Å². The third-order valence-electron chi connectivity index (χ3n) is 4.06. The summed E-state index contributed by atoms with van der Waals surface area (Å²) in [5, 5.41) is 3.39. The SMILES string of the molecule is Cc1ccc(F)c(NC2CCCC(C)(C)CC2)c1. The molecule has 1 aliphatic rings. The number of hydrogen-bond acceptors (Lipinski definition) is 1. The van der Waals surface area contributed by atoms with Crippen molar-refractivity contribution in [1.29, 1.82) is 0 Å². The standard InChI is InChI=1S/C16H24FN/c1-12-6-7-14(17)15(11-12)18-13-5-4-9-16(2,3)10-8-13/h6-7,11,13,18H,4-5,8-10H2,1-3H3. The molecule has 0 aromatic heterocycles. The Morgan fingerprint density at radius 3 is 2.78 bits per heavy atom. The van der Waals surface area contributed by atoms with E-state index in [0.717, 1.165) is 18.4 Å². The Labute approximate surface area is 110 Å². The lowest BCUT2D eigenvalue weighted by Crippen LogP contribution is -2.20. The smallest absolute Gasteiger partial charge is 0.146 e. The maximum Gasteiger partial charge on any atom is 0.146 e. The van der Waals surface area contributed by atoms with Gasteiger partial charge < -0.3 is 5.32 Å². The fourth-order valence-corrected chi connectivity index (χ4v) is 2.78. The van der Waals surface area contributed by atoms with Gasteiger partial charge in [0.15, 0.2) is 0 Å². The highest BCUT2D eigenvalue weighted by Gasteiger charge is 2.24. The molecule has 1 fully saturated rings. The van der Waals surface area contributed by atoms with Crippen LogP contribution in [0.15, 0.2) is 18.2 Å². The summed E-state index contributed by atoms with van der Waals surface area (Å²) < 4.78 is 13.7. The number of hydrogen-bond donors (Lipinski definition) is 1. The average molecular weight is 249 g/mol. The van der Waals surface area contributed by atoms with Crippen LogP contribution in [-0.4, -0.2) is 6.04 Å². The zero-order chi connectivity index (χ0) is 13.2. The van der Waals surface area contributed by atoms with Gasteiger partial charge in [-0.1, -0.05) is 26.3 Å². The minimum Gasteiger partial charge on any atom is -0.380 e. The topological polar surface area (TPSA) is 12.0 Å². The summed E-state index contributed by atoms with van der Waals surface area (Å²) in [7, 11) is 0. The molecule has 0 heterocycles. The molecule has 0 spiro atoms. The fourth-order valence-electron chi connectivity index (χ4n) is 2.78. The summed E-state index contributed by atoms with van der Waals surface area (Å²) in [6, 6.07) is 5.70. The molecular formula is C16H24FN. The molecule has 2 heteroatoms. The monoisotopic (exact) mass is 249 g/mol. The molecule has 0 saturated heterocycles. The maximum absolute atomic E-state index is 13.7. The van der Waals surface area contributed by atoms with Crippen molar-refractivity contribution in [2.24, 2.45) is 5.41 Å². The lowest BCUT2D eigenvalue weighted by atomic mass is 9.85. The summed E-state index contributed by atoms with van der Waals surface area (Å²) in [5.41, 5.74) is 2.22. The lowest BCUT2D eigenvalue weighted by Gasteiger charge is -2.22. The molecular weight excluding hydrogens is 225 g/mol. The van der Waals surface area contributed by atoms with Gasteiger partial charge in [0.05, 0.1) is 5.69 Å². The van der Waals surface area contributed by atoms with Gasteiger partial charge in [0.1, 0.15) is 5.82 Å². The Hall–Kier alpha value is -1.05. The second-order valence-electron chi connectivity index (χ2n) is 6.42. The molecule has 18 heavy (non-hydrogen) atoms. The Balaban J connectivity index is 2.03. The highest BCUT2D eigenvalue weighted by atomic mass is 19.1. The number of nitrogens with one attached hydrogen (secondary N) is 1. The van der Waals surface area contributed by atoms with Crippen molar-refractivity contribution in [3.8, 4) is 0 Å². The zero-order valence-corrected chi connectivity index (χ0v) is 11.7. The molecule has 2 rings (SSSR count). The Morgan fingerprint density at radius 2 is 2.00 bits per heavy atom. The first-order valence-corrected chi connectivity index (χ1v) is 6.99. The van der Waals surface area contributed by atoms with Crippen LogP contribution < -0.4 is 5.32 Å². The molecule has 1 aromatic rings. The van der Waals surface area contributed by atoms with Crippen molar-refractivity contribution in [3.05, 3.63) is 29.6 Å². The lowest BCUT2D eigenvalue weighted by molar-refractivity contribution is 0.313. The van der Waals surface area contributed by atoms with E-state index in [1.165, 1.54) is 19.3 Å². The first-order chi connectivity index (χ1) is 8.46. The Bertz CT molecular complexity index is 412. The van der Waals surface area contributed by atoms with E-state index in [2.05, 4.69) is 19.2 Å². The maximum atomic E-state index is 13.7. The van der Waals surface area contributed by atoms with E-state index in [1.807, 2.05) is 19.1 Å². The van der Waals surface area contributed by atoms with Gasteiger partial charge in [0.2, 0.25) is 0 Å². The molecule has 1 nitrogen and oxygen atoms in total. The predicted molar refractivity (Wildman–Crippen MR) is 75.4 cm³/mol. The van der Waals surface area contributed by atoms with Crippen LogP contribution in [0.25, 0.3) is 0 Å². The van der Waals surface area contributed by atoms with Gasteiger partial charge in [-0.15, -0.1) is 0 Å². The van der Waals surface area contributed by atoms with E-state index in [9.17, 15) is 4.39 Å². The molecule has 0 aliphatic heterocycles. The number of rotatable bonds is 2. The van der Waals surface area contributed by atoms with Crippen molar-refractivity contribution in [3.63, 3.8) is 0 Å². The van der Waals surface area contributed by atoms with Crippen LogP contribution in [0.3, 0.4) is 0 Å². The van der Waals surface area contributed by atoms with Crippen LogP contribution in [0.4, 0.5) is 10.1 Å². The molecule has 0 radical (unpaired) electrons. The largest absolute Gasteiger partial charge is 0.380 e. The van der Waals surface area contributed by atoms with Gasteiger partial charge in [0.25, 0.3) is 0 Å². The third kappa shape index (κ3) is 3.47. The number of aryl methyl sites for hydroxylation is 1. The van der Waals surface area contributed by atoms with Gasteiger partial charge in [-0.3, -0.25) is 0 Å². The van der Waals surface area contributed by atoms with E-state index >= 15 is 0 Å². The molecule has 0 bridgehead atoms. The summed E-state index contributed by atoms with van der Waals surface area (Å²) in [6.07, 6.45) is 6.02. The van der Waals surface area contributed by atoms with Gasteiger partial charge in [-0.2, -0.15) is 0 Å². The van der Waals surface area contributed by atoms with Gasteiger partial charge >= 0.3 is 0 Å². The molecule has 1 aliphatic carbocycles. The molecule has 1 N–H and O–H groups in total. The van der Waals surface area contributed by atoms with E-state index in [-0.39, 0.29) is 5.82 Å². The minimum absolute atomic E-state index is 0.135. The van der Waals surface area contributed by atoms with Crippen LogP contribution in [0.5, 0.6) is 0 Å². The van der Waals surface area contributed by atoms with E-state index in [4.69, 9.17) is 0 Å². The first-order valence-electron chi connectivity index (χ1n) is 6.99. The number of benzene rings is 1. The van der Waals surface area contributed by atoms with Crippen LogP contribution in [-0.2, 0) is 0 Å².